The molecule has 0 saturated carbocycles. The molecule has 0 bridgehead atoms. The molecule has 3 aromatic rings. The fourth-order valence-corrected chi connectivity index (χ4v) is 3.51. The van der Waals surface area contributed by atoms with Crippen LogP contribution in [0.1, 0.15) is 29.2 Å². The molecule has 3 N–H and O–H groups in total. The molecular formula is C22H21N3O4. The van der Waals surface area contributed by atoms with Crippen molar-refractivity contribution in [3.8, 4) is 0 Å². The number of carbonyl (C=O) groups is 3. The Morgan fingerprint density at radius 3 is 2.62 bits per heavy atom. The van der Waals surface area contributed by atoms with E-state index in [-0.39, 0.29) is 12.3 Å². The van der Waals surface area contributed by atoms with E-state index in [1.807, 2.05) is 26.0 Å². The van der Waals surface area contributed by atoms with Crippen LogP contribution < -0.4 is 16.0 Å². The maximum atomic E-state index is 12.6. The van der Waals surface area contributed by atoms with Gasteiger partial charge in [-0.3, -0.25) is 14.9 Å². The number of urea groups is 1. The minimum absolute atomic E-state index is 0.161. The second-order valence-electron chi connectivity index (χ2n) is 7.53. The lowest BCUT2D eigenvalue weighted by atomic mass is 9.92. The van der Waals surface area contributed by atoms with Crippen molar-refractivity contribution >= 4 is 34.5 Å². The molecule has 7 nitrogen and oxygen atoms in total. The first-order valence-electron chi connectivity index (χ1n) is 9.27. The van der Waals surface area contributed by atoms with Crippen LogP contribution in [0.25, 0.3) is 11.0 Å². The monoisotopic (exact) mass is 391 g/mol. The Hall–Kier alpha value is -3.61. The third-order valence-electron chi connectivity index (χ3n) is 5.39. The molecule has 148 valence electrons. The average Bonchev–Trinajstić information content (AvgIpc) is 3.16. The number of carbonyl (C=O) groups excluding carboxylic acids is 3. The number of nitrogens with one attached hydrogen (secondary N) is 3. The van der Waals surface area contributed by atoms with Crippen molar-refractivity contribution < 1.29 is 18.8 Å². The topological polar surface area (TPSA) is 100 Å². The van der Waals surface area contributed by atoms with Gasteiger partial charge >= 0.3 is 6.03 Å². The molecule has 7 heteroatoms. The molecule has 4 rings (SSSR count). The summed E-state index contributed by atoms with van der Waals surface area (Å²) in [5, 5.41) is 8.63. The minimum Gasteiger partial charge on any atom is -0.464 e. The number of imide groups is 1. The van der Waals surface area contributed by atoms with Gasteiger partial charge in [-0.25, -0.2) is 4.79 Å². The number of amides is 4. The zero-order chi connectivity index (χ0) is 20.8. The van der Waals surface area contributed by atoms with Crippen LogP contribution in [0.3, 0.4) is 0 Å². The normalized spacial score (nSPS) is 18.6. The van der Waals surface area contributed by atoms with E-state index < -0.39 is 17.5 Å². The van der Waals surface area contributed by atoms with Crippen molar-refractivity contribution in [3.63, 3.8) is 0 Å². The van der Waals surface area contributed by atoms with Crippen LogP contribution in [-0.4, -0.2) is 17.8 Å². The Balaban J connectivity index is 1.53. The van der Waals surface area contributed by atoms with Gasteiger partial charge in [0.2, 0.25) is 5.91 Å². The van der Waals surface area contributed by atoms with Gasteiger partial charge < -0.3 is 15.1 Å². The fourth-order valence-electron chi connectivity index (χ4n) is 3.51. The summed E-state index contributed by atoms with van der Waals surface area (Å²) in [5.74, 6) is -0.630. The predicted molar refractivity (Wildman–Crippen MR) is 108 cm³/mol. The van der Waals surface area contributed by atoms with E-state index >= 15 is 0 Å². The lowest BCUT2D eigenvalue weighted by Gasteiger charge is -2.21. The van der Waals surface area contributed by atoms with E-state index in [9.17, 15) is 14.4 Å². The zero-order valence-electron chi connectivity index (χ0n) is 16.4. The highest BCUT2D eigenvalue weighted by atomic mass is 16.3. The van der Waals surface area contributed by atoms with E-state index in [0.717, 1.165) is 27.7 Å². The van der Waals surface area contributed by atoms with Gasteiger partial charge in [0.15, 0.2) is 0 Å². The van der Waals surface area contributed by atoms with Crippen LogP contribution in [0.15, 0.2) is 47.1 Å². The first-order valence-corrected chi connectivity index (χ1v) is 9.27. The van der Waals surface area contributed by atoms with E-state index in [1.165, 1.54) is 0 Å². The molecule has 0 aliphatic carbocycles. The van der Waals surface area contributed by atoms with Crippen molar-refractivity contribution in [1.29, 1.82) is 0 Å². The van der Waals surface area contributed by atoms with Gasteiger partial charge in [-0.2, -0.15) is 0 Å². The summed E-state index contributed by atoms with van der Waals surface area (Å²) in [6, 6.07) is 10.3. The quantitative estimate of drug-likeness (QED) is 0.594. The van der Waals surface area contributed by atoms with E-state index in [4.69, 9.17) is 4.42 Å². The molecule has 4 amide bonds. The maximum Gasteiger partial charge on any atom is 0.322 e. The Bertz CT molecular complexity index is 1160. The second kappa shape index (κ2) is 6.77. The highest BCUT2D eigenvalue weighted by Crippen LogP contribution is 2.28. The lowest BCUT2D eigenvalue weighted by Crippen LogP contribution is -2.40. The van der Waals surface area contributed by atoms with E-state index in [1.54, 1.807) is 37.5 Å². The van der Waals surface area contributed by atoms with Crippen LogP contribution in [-0.2, 0) is 21.5 Å². The molecule has 29 heavy (non-hydrogen) atoms. The Kier molecular flexibility index (Phi) is 4.38. The van der Waals surface area contributed by atoms with E-state index in [2.05, 4.69) is 16.0 Å². The average molecular weight is 391 g/mol. The fraction of sp³-hybridized carbons (Fsp3) is 0.227. The summed E-state index contributed by atoms with van der Waals surface area (Å²) in [7, 11) is 0. The number of hydrogen-bond acceptors (Lipinski definition) is 4. The summed E-state index contributed by atoms with van der Waals surface area (Å²) in [5.41, 5.74) is 3.80. The van der Waals surface area contributed by atoms with Crippen molar-refractivity contribution in [2.24, 2.45) is 0 Å². The van der Waals surface area contributed by atoms with Gasteiger partial charge in [-0.1, -0.05) is 12.1 Å². The molecular weight excluding hydrogens is 370 g/mol. The van der Waals surface area contributed by atoms with Crippen LogP contribution >= 0.6 is 0 Å². The molecule has 1 atom stereocenters. The first kappa shape index (κ1) is 18.7. The summed E-state index contributed by atoms with van der Waals surface area (Å²) in [6.07, 6.45) is 1.77. The number of fused-ring (bicyclic) bond motifs is 1. The molecule has 1 aromatic heterocycles. The van der Waals surface area contributed by atoms with Crippen LogP contribution in [0.4, 0.5) is 10.5 Å². The summed E-state index contributed by atoms with van der Waals surface area (Å²) >= 11 is 0. The smallest absolute Gasteiger partial charge is 0.322 e. The molecule has 1 saturated heterocycles. The SMILES string of the molecule is Cc1cc2occ(CC(=O)Nc3cccc(C4(C)NC(=O)NC4=O)c3)c2cc1C. The van der Waals surface area contributed by atoms with Crippen molar-refractivity contribution in [3.05, 3.63) is 64.9 Å². The number of rotatable bonds is 4. The van der Waals surface area contributed by atoms with Crippen molar-refractivity contribution in [1.82, 2.24) is 10.6 Å². The van der Waals surface area contributed by atoms with Gasteiger partial charge in [0.1, 0.15) is 11.1 Å². The third-order valence-corrected chi connectivity index (χ3v) is 5.39. The standard InChI is InChI=1S/C22H21N3O4/c1-12-7-17-14(11-29-18(17)8-13(12)2)9-19(26)23-16-6-4-5-15(10-16)22(3)20(27)24-21(28)25-22/h4-8,10-11H,9H2,1-3H3,(H,23,26)(H2,24,25,27,28). The Labute approximate surface area is 167 Å². The largest absolute Gasteiger partial charge is 0.464 e. The van der Waals surface area contributed by atoms with Crippen molar-refractivity contribution in [2.45, 2.75) is 32.7 Å². The van der Waals surface area contributed by atoms with Gasteiger partial charge in [-0.15, -0.1) is 0 Å². The lowest BCUT2D eigenvalue weighted by molar-refractivity contribution is -0.123. The van der Waals surface area contributed by atoms with Crippen LogP contribution in [0.2, 0.25) is 0 Å². The molecule has 1 fully saturated rings. The van der Waals surface area contributed by atoms with Crippen LogP contribution in [0, 0.1) is 13.8 Å². The van der Waals surface area contributed by atoms with Crippen LogP contribution in [0.5, 0.6) is 0 Å². The van der Waals surface area contributed by atoms with Crippen molar-refractivity contribution in [2.75, 3.05) is 5.32 Å². The van der Waals surface area contributed by atoms with Gasteiger partial charge in [0, 0.05) is 16.6 Å². The number of furan rings is 1. The highest BCUT2D eigenvalue weighted by molar-refractivity contribution is 6.07. The maximum absolute atomic E-state index is 12.6. The number of benzene rings is 2. The molecule has 1 unspecified atom stereocenters. The number of anilines is 1. The van der Waals surface area contributed by atoms with Gasteiger partial charge in [0.05, 0.1) is 12.7 Å². The molecule has 2 heterocycles. The number of hydrogen-bond donors (Lipinski definition) is 3. The molecule has 2 aromatic carbocycles. The van der Waals surface area contributed by atoms with Gasteiger partial charge in [0.25, 0.3) is 5.91 Å². The van der Waals surface area contributed by atoms with E-state index in [0.29, 0.717) is 11.3 Å². The summed E-state index contributed by atoms with van der Waals surface area (Å²) in [4.78, 5) is 36.3. The molecule has 1 aliphatic rings. The Morgan fingerprint density at radius 1 is 1.14 bits per heavy atom. The zero-order valence-corrected chi connectivity index (χ0v) is 16.4. The molecule has 0 radical (unpaired) electrons. The summed E-state index contributed by atoms with van der Waals surface area (Å²) in [6.45, 7) is 5.66. The minimum atomic E-state index is -1.17. The predicted octanol–water partition coefficient (Wildman–Crippen LogP) is 3.29. The molecule has 0 spiro atoms. The second-order valence-corrected chi connectivity index (χ2v) is 7.53. The first-order chi connectivity index (χ1) is 13.8. The highest BCUT2D eigenvalue weighted by Gasteiger charge is 2.43. The summed E-state index contributed by atoms with van der Waals surface area (Å²) < 4.78 is 5.59. The molecule has 1 aliphatic heterocycles. The Morgan fingerprint density at radius 2 is 1.90 bits per heavy atom. The van der Waals surface area contributed by atoms with Gasteiger partial charge in [-0.05, 0) is 61.7 Å². The number of aryl methyl sites for hydroxylation is 2. The third kappa shape index (κ3) is 3.35.